The quantitative estimate of drug-likeness (QED) is 0.516. The van der Waals surface area contributed by atoms with Gasteiger partial charge in [-0.3, -0.25) is 9.59 Å². The molecule has 0 rings (SSSR count). The third-order valence-corrected chi connectivity index (χ3v) is 4.03. The fourth-order valence-corrected chi connectivity index (χ4v) is 2.30. The highest BCUT2D eigenvalue weighted by atomic mass is 16.5. The van der Waals surface area contributed by atoms with Crippen molar-refractivity contribution in [1.29, 1.82) is 0 Å². The van der Waals surface area contributed by atoms with Crippen LogP contribution in [0.1, 0.15) is 67.2 Å². The molecule has 0 saturated carbocycles. The van der Waals surface area contributed by atoms with Gasteiger partial charge in [0, 0.05) is 0 Å². The van der Waals surface area contributed by atoms with Crippen LogP contribution in [-0.2, 0) is 14.3 Å². The van der Waals surface area contributed by atoms with Crippen molar-refractivity contribution in [2.75, 3.05) is 0 Å². The molecule has 1 unspecified atom stereocenters. The van der Waals surface area contributed by atoms with Gasteiger partial charge in [-0.05, 0) is 37.5 Å². The predicted molar refractivity (Wildman–Crippen MR) is 79.4 cm³/mol. The Kier molecular flexibility index (Phi) is 7.84. The zero-order valence-corrected chi connectivity index (χ0v) is 13.7. The van der Waals surface area contributed by atoms with E-state index in [2.05, 4.69) is 0 Å². The fraction of sp³-hybridized carbons (Fsp3) is 0.875. The van der Waals surface area contributed by atoms with Crippen LogP contribution in [0.5, 0.6) is 0 Å². The summed E-state index contributed by atoms with van der Waals surface area (Å²) in [6.45, 7) is 11.5. The normalized spacial score (nSPS) is 14.7. The second-order valence-corrected chi connectivity index (χ2v) is 6.21. The molecule has 0 aromatic heterocycles. The molecule has 0 fully saturated rings. The topological polar surface area (TPSA) is 63.6 Å². The lowest BCUT2D eigenvalue weighted by Crippen LogP contribution is -2.46. The average Bonchev–Trinajstić information content (AvgIpc) is 2.35. The third kappa shape index (κ3) is 4.50. The molecule has 0 aliphatic carbocycles. The fourth-order valence-electron chi connectivity index (χ4n) is 2.30. The summed E-state index contributed by atoms with van der Waals surface area (Å²) in [5.74, 6) is -1.58. The van der Waals surface area contributed by atoms with Crippen LogP contribution in [-0.4, -0.2) is 23.1 Å². The largest absolute Gasteiger partial charge is 0.480 e. The van der Waals surface area contributed by atoms with E-state index in [1.807, 2.05) is 27.7 Å². The molecule has 118 valence electrons. The lowest BCUT2D eigenvalue weighted by atomic mass is 9.72. The van der Waals surface area contributed by atoms with Crippen molar-refractivity contribution in [3.8, 4) is 0 Å². The molecule has 0 heterocycles. The van der Waals surface area contributed by atoms with Gasteiger partial charge < -0.3 is 9.84 Å². The van der Waals surface area contributed by atoms with Crippen molar-refractivity contribution in [2.45, 2.75) is 73.3 Å². The second kappa shape index (κ2) is 8.28. The number of carboxylic acid groups (broad SMARTS) is 1. The van der Waals surface area contributed by atoms with E-state index in [0.29, 0.717) is 31.6 Å². The first-order valence-corrected chi connectivity index (χ1v) is 7.66. The molecule has 0 radical (unpaired) electrons. The molecule has 4 nitrogen and oxygen atoms in total. The van der Waals surface area contributed by atoms with E-state index in [9.17, 15) is 14.7 Å². The molecule has 0 bridgehead atoms. The van der Waals surface area contributed by atoms with Gasteiger partial charge in [-0.25, -0.2) is 0 Å². The van der Waals surface area contributed by atoms with Crippen molar-refractivity contribution in [2.24, 2.45) is 17.3 Å². The predicted octanol–water partition coefficient (Wildman–Crippen LogP) is 3.88. The van der Waals surface area contributed by atoms with Gasteiger partial charge in [-0.2, -0.15) is 0 Å². The Morgan fingerprint density at radius 1 is 1.10 bits per heavy atom. The molecular formula is C16H30O4. The van der Waals surface area contributed by atoms with Crippen LogP contribution in [0, 0.1) is 17.3 Å². The number of hydrogen-bond donors (Lipinski definition) is 1. The molecule has 1 N–H and O–H groups in total. The summed E-state index contributed by atoms with van der Waals surface area (Å²) in [5, 5.41) is 9.63. The van der Waals surface area contributed by atoms with Gasteiger partial charge in [0.25, 0.3) is 0 Å². The number of hydrogen-bond acceptors (Lipinski definition) is 3. The zero-order chi connectivity index (χ0) is 15.9. The first kappa shape index (κ1) is 18.9. The first-order valence-electron chi connectivity index (χ1n) is 7.66. The zero-order valence-electron chi connectivity index (χ0n) is 13.7. The summed E-state index contributed by atoms with van der Waals surface area (Å²) >= 11 is 0. The Morgan fingerprint density at radius 3 is 1.90 bits per heavy atom. The monoisotopic (exact) mass is 286 g/mol. The summed E-state index contributed by atoms with van der Waals surface area (Å²) in [6, 6.07) is 0. The first-order chi connectivity index (χ1) is 9.22. The van der Waals surface area contributed by atoms with E-state index >= 15 is 0 Å². The summed E-state index contributed by atoms with van der Waals surface area (Å²) < 4.78 is 5.45. The minimum absolute atomic E-state index is 0.195. The highest BCUT2D eigenvalue weighted by Crippen LogP contribution is 2.37. The van der Waals surface area contributed by atoms with Gasteiger partial charge in [0.15, 0.2) is 5.41 Å². The van der Waals surface area contributed by atoms with Gasteiger partial charge in [-0.1, -0.05) is 41.5 Å². The number of esters is 1. The summed E-state index contributed by atoms with van der Waals surface area (Å²) in [4.78, 5) is 24.3. The Balaban J connectivity index is 5.27. The van der Waals surface area contributed by atoms with E-state index in [1.54, 1.807) is 13.8 Å². The Bertz CT molecular complexity index is 318. The molecule has 0 amide bonds. The second-order valence-electron chi connectivity index (χ2n) is 6.21. The molecule has 0 aliphatic heterocycles. The molecule has 0 aromatic carbocycles. The van der Waals surface area contributed by atoms with Gasteiger partial charge in [0.2, 0.25) is 0 Å². The number of carbonyl (C=O) groups excluding carboxylic acids is 1. The lowest BCUT2D eigenvalue weighted by Gasteiger charge is -2.33. The van der Waals surface area contributed by atoms with Crippen molar-refractivity contribution in [3.05, 3.63) is 0 Å². The van der Waals surface area contributed by atoms with Crippen molar-refractivity contribution in [1.82, 2.24) is 0 Å². The van der Waals surface area contributed by atoms with E-state index < -0.39 is 17.4 Å². The maximum atomic E-state index is 12.5. The van der Waals surface area contributed by atoms with E-state index in [0.717, 1.165) is 0 Å². The van der Waals surface area contributed by atoms with Gasteiger partial charge in [0.1, 0.15) is 6.10 Å². The minimum Gasteiger partial charge on any atom is -0.480 e. The maximum Gasteiger partial charge on any atom is 0.324 e. The molecule has 0 aromatic rings. The number of rotatable bonds is 9. The van der Waals surface area contributed by atoms with Crippen molar-refractivity contribution in [3.63, 3.8) is 0 Å². The van der Waals surface area contributed by atoms with Gasteiger partial charge in [0.05, 0.1) is 0 Å². The summed E-state index contributed by atoms with van der Waals surface area (Å²) in [5.41, 5.74) is -1.42. The molecule has 1 atom stereocenters. The standard InChI is InChI=1S/C16H30O4/c1-7-13(8-2)20-15(19)16(12(5)6,14(17)18)10-9-11(3)4/h11-13H,7-10H2,1-6H3,(H,17,18). The molecule has 0 aliphatic rings. The van der Waals surface area contributed by atoms with Crippen LogP contribution in [0.15, 0.2) is 0 Å². The molecular weight excluding hydrogens is 256 g/mol. The Labute approximate surface area is 122 Å². The smallest absolute Gasteiger partial charge is 0.324 e. The highest BCUT2D eigenvalue weighted by molar-refractivity contribution is 5.99. The number of ether oxygens (including phenoxy) is 1. The third-order valence-electron chi connectivity index (χ3n) is 4.03. The van der Waals surface area contributed by atoms with Crippen LogP contribution in [0.2, 0.25) is 0 Å². The minimum atomic E-state index is -1.42. The maximum absolute atomic E-state index is 12.5. The molecule has 4 heteroatoms. The SMILES string of the molecule is CCC(CC)OC(=O)C(CCC(C)C)(C(=O)O)C(C)C. The highest BCUT2D eigenvalue weighted by Gasteiger charge is 2.50. The molecule has 0 spiro atoms. The summed E-state index contributed by atoms with van der Waals surface area (Å²) in [7, 11) is 0. The number of carbonyl (C=O) groups is 2. The summed E-state index contributed by atoms with van der Waals surface area (Å²) in [6.07, 6.45) is 2.25. The Hall–Kier alpha value is -1.06. The van der Waals surface area contributed by atoms with Crippen LogP contribution in [0.3, 0.4) is 0 Å². The van der Waals surface area contributed by atoms with Crippen molar-refractivity contribution < 1.29 is 19.4 Å². The van der Waals surface area contributed by atoms with Crippen LogP contribution in [0.25, 0.3) is 0 Å². The molecule has 0 saturated heterocycles. The van der Waals surface area contributed by atoms with Crippen LogP contribution in [0.4, 0.5) is 0 Å². The van der Waals surface area contributed by atoms with E-state index in [1.165, 1.54) is 0 Å². The number of aliphatic carboxylic acids is 1. The van der Waals surface area contributed by atoms with E-state index in [4.69, 9.17) is 4.74 Å². The average molecular weight is 286 g/mol. The van der Waals surface area contributed by atoms with E-state index in [-0.39, 0.29) is 12.0 Å². The van der Waals surface area contributed by atoms with Crippen LogP contribution < -0.4 is 0 Å². The van der Waals surface area contributed by atoms with Gasteiger partial charge >= 0.3 is 11.9 Å². The Morgan fingerprint density at radius 2 is 1.60 bits per heavy atom. The molecule has 20 heavy (non-hydrogen) atoms. The number of carboxylic acids is 1. The van der Waals surface area contributed by atoms with Crippen LogP contribution >= 0.6 is 0 Å². The lowest BCUT2D eigenvalue weighted by molar-refractivity contribution is -0.177. The van der Waals surface area contributed by atoms with Gasteiger partial charge in [-0.15, -0.1) is 0 Å². The van der Waals surface area contributed by atoms with Crippen molar-refractivity contribution >= 4 is 11.9 Å².